The monoisotopic (exact) mass is 360 g/mol. The van der Waals surface area contributed by atoms with E-state index in [0.29, 0.717) is 19.0 Å². The zero-order valence-corrected chi connectivity index (χ0v) is 14.6. The van der Waals surface area contributed by atoms with Crippen LogP contribution in [0.5, 0.6) is 0 Å². The molecule has 1 aliphatic rings. The van der Waals surface area contributed by atoms with Crippen LogP contribution in [0.2, 0.25) is 0 Å². The Labute approximate surface area is 146 Å². The van der Waals surface area contributed by atoms with Gasteiger partial charge in [0.1, 0.15) is 5.76 Å². The van der Waals surface area contributed by atoms with Gasteiger partial charge in [0.2, 0.25) is 0 Å². The molecule has 5 nitrogen and oxygen atoms in total. The molecule has 1 aromatic heterocycles. The van der Waals surface area contributed by atoms with Crippen molar-refractivity contribution in [2.45, 2.75) is 44.8 Å². The summed E-state index contributed by atoms with van der Waals surface area (Å²) in [4.78, 5) is 6.83. The van der Waals surface area contributed by atoms with Crippen molar-refractivity contribution in [1.29, 1.82) is 0 Å². The van der Waals surface area contributed by atoms with Crippen molar-refractivity contribution in [3.05, 3.63) is 24.2 Å². The number of likely N-dealkylation sites (tertiary alicyclic amines) is 1. The van der Waals surface area contributed by atoms with Gasteiger partial charge in [-0.2, -0.15) is 13.2 Å². The van der Waals surface area contributed by atoms with Gasteiger partial charge in [-0.05, 0) is 45.0 Å². The van der Waals surface area contributed by atoms with Crippen LogP contribution >= 0.6 is 0 Å². The molecule has 0 saturated carbocycles. The first-order chi connectivity index (χ1) is 12.0. The molecular weight excluding hydrogens is 333 g/mol. The van der Waals surface area contributed by atoms with E-state index < -0.39 is 12.6 Å². The number of furan rings is 1. The van der Waals surface area contributed by atoms with Crippen molar-refractivity contribution in [3.8, 4) is 0 Å². The first kappa shape index (κ1) is 19.6. The zero-order valence-electron chi connectivity index (χ0n) is 14.6. The lowest BCUT2D eigenvalue weighted by Crippen LogP contribution is -2.40. The average Bonchev–Trinajstić information content (AvgIpc) is 3.09. The van der Waals surface area contributed by atoms with Gasteiger partial charge in [0.25, 0.3) is 0 Å². The molecule has 8 heteroatoms. The van der Waals surface area contributed by atoms with Gasteiger partial charge in [0.05, 0.1) is 25.3 Å². The summed E-state index contributed by atoms with van der Waals surface area (Å²) in [6.45, 7) is 4.69. The fourth-order valence-corrected chi connectivity index (χ4v) is 2.94. The number of aliphatic imine (C=N–C) groups is 1. The van der Waals surface area contributed by atoms with Crippen LogP contribution in [0.4, 0.5) is 13.2 Å². The van der Waals surface area contributed by atoms with Gasteiger partial charge in [0, 0.05) is 13.1 Å². The van der Waals surface area contributed by atoms with Gasteiger partial charge in [-0.3, -0.25) is 9.89 Å². The van der Waals surface area contributed by atoms with Crippen molar-refractivity contribution in [1.82, 2.24) is 15.5 Å². The van der Waals surface area contributed by atoms with Crippen LogP contribution < -0.4 is 10.6 Å². The molecule has 2 rings (SSSR count). The van der Waals surface area contributed by atoms with Crippen LogP contribution in [-0.4, -0.2) is 49.8 Å². The van der Waals surface area contributed by atoms with E-state index >= 15 is 0 Å². The average molecular weight is 360 g/mol. The largest absolute Gasteiger partial charge is 0.468 e. The Morgan fingerprint density at radius 1 is 1.28 bits per heavy atom. The summed E-state index contributed by atoms with van der Waals surface area (Å²) in [5.41, 5.74) is 0. The van der Waals surface area contributed by atoms with Crippen LogP contribution in [0.15, 0.2) is 27.8 Å². The molecule has 1 fully saturated rings. The van der Waals surface area contributed by atoms with E-state index in [1.165, 1.54) is 6.42 Å². The van der Waals surface area contributed by atoms with Crippen LogP contribution in [0.1, 0.15) is 44.4 Å². The molecule has 0 spiro atoms. The van der Waals surface area contributed by atoms with E-state index in [9.17, 15) is 13.2 Å². The number of guanidine groups is 1. The molecule has 0 amide bonds. The number of nitrogens with one attached hydrogen (secondary N) is 2. The molecule has 1 aromatic rings. The molecule has 1 aliphatic heterocycles. The quantitative estimate of drug-likeness (QED) is 0.579. The molecule has 2 N–H and O–H groups in total. The van der Waals surface area contributed by atoms with Gasteiger partial charge >= 0.3 is 6.18 Å². The third kappa shape index (κ3) is 6.97. The molecule has 2 heterocycles. The fourth-order valence-electron chi connectivity index (χ4n) is 2.94. The maximum atomic E-state index is 12.3. The van der Waals surface area contributed by atoms with Gasteiger partial charge in [-0.25, -0.2) is 0 Å². The van der Waals surface area contributed by atoms with Crippen LogP contribution in [0.25, 0.3) is 0 Å². The number of halogens is 3. The molecule has 0 radical (unpaired) electrons. The third-order valence-corrected chi connectivity index (χ3v) is 4.17. The highest BCUT2D eigenvalue weighted by Gasteiger charge is 2.27. The van der Waals surface area contributed by atoms with Crippen LogP contribution in [0, 0.1) is 0 Å². The van der Waals surface area contributed by atoms with Gasteiger partial charge in [-0.1, -0.05) is 6.42 Å². The number of alkyl halides is 3. The van der Waals surface area contributed by atoms with Crippen molar-refractivity contribution in [2.75, 3.05) is 32.7 Å². The van der Waals surface area contributed by atoms with E-state index in [-0.39, 0.29) is 12.6 Å². The molecule has 0 bridgehead atoms. The molecule has 1 atom stereocenters. The standard InChI is InChI=1S/C17H27F3N4O/c1-2-21-16(22-9-8-17(18,19)20)23-13-14(15-7-6-12-25-15)24-10-4-3-5-11-24/h6-7,12,14H,2-5,8-11,13H2,1H3,(H2,21,22,23). The smallest absolute Gasteiger partial charge is 0.390 e. The van der Waals surface area contributed by atoms with Crippen molar-refractivity contribution in [3.63, 3.8) is 0 Å². The first-order valence-corrected chi connectivity index (χ1v) is 8.86. The highest BCUT2D eigenvalue weighted by Crippen LogP contribution is 2.25. The Hall–Kier alpha value is -1.70. The summed E-state index contributed by atoms with van der Waals surface area (Å²) in [7, 11) is 0. The molecular formula is C17H27F3N4O. The minimum Gasteiger partial charge on any atom is -0.468 e. The second-order valence-corrected chi connectivity index (χ2v) is 6.14. The highest BCUT2D eigenvalue weighted by molar-refractivity contribution is 5.79. The number of piperidine rings is 1. The van der Waals surface area contributed by atoms with Gasteiger partial charge in [0.15, 0.2) is 5.96 Å². The Morgan fingerprint density at radius 2 is 2.04 bits per heavy atom. The number of nitrogens with zero attached hydrogens (tertiary/aromatic N) is 2. The SMILES string of the molecule is CCNC(=NCC(c1ccco1)N1CCCCC1)NCCC(F)(F)F. The minimum atomic E-state index is -4.17. The molecule has 1 unspecified atom stereocenters. The van der Waals surface area contributed by atoms with Gasteiger partial charge < -0.3 is 15.1 Å². The van der Waals surface area contributed by atoms with E-state index in [1.807, 2.05) is 19.1 Å². The van der Waals surface area contributed by atoms with Crippen LogP contribution in [0.3, 0.4) is 0 Å². The Bertz CT molecular complexity index is 510. The summed E-state index contributed by atoms with van der Waals surface area (Å²) >= 11 is 0. The van der Waals surface area contributed by atoms with E-state index in [1.54, 1.807) is 6.26 Å². The third-order valence-electron chi connectivity index (χ3n) is 4.17. The second-order valence-electron chi connectivity index (χ2n) is 6.14. The molecule has 0 aliphatic carbocycles. The van der Waals surface area contributed by atoms with Crippen LogP contribution in [-0.2, 0) is 0 Å². The Morgan fingerprint density at radius 3 is 2.64 bits per heavy atom. The summed E-state index contributed by atoms with van der Waals surface area (Å²) in [5.74, 6) is 1.25. The summed E-state index contributed by atoms with van der Waals surface area (Å²) in [5, 5.41) is 5.75. The molecule has 1 saturated heterocycles. The molecule has 25 heavy (non-hydrogen) atoms. The molecule has 0 aromatic carbocycles. The Kier molecular flexibility index (Phi) is 7.61. The second kappa shape index (κ2) is 9.70. The van der Waals surface area contributed by atoms with Crippen molar-refractivity contribution < 1.29 is 17.6 Å². The lowest BCUT2D eigenvalue weighted by molar-refractivity contribution is -0.132. The van der Waals surface area contributed by atoms with E-state index in [2.05, 4.69) is 20.5 Å². The number of hydrogen-bond acceptors (Lipinski definition) is 3. The summed E-state index contributed by atoms with van der Waals surface area (Å²) < 4.78 is 42.5. The number of hydrogen-bond donors (Lipinski definition) is 2. The Balaban J connectivity index is 1.99. The topological polar surface area (TPSA) is 52.8 Å². The zero-order chi connectivity index (χ0) is 18.1. The van der Waals surface area contributed by atoms with Crippen molar-refractivity contribution >= 4 is 5.96 Å². The normalized spacial score (nSPS) is 18.2. The maximum Gasteiger partial charge on any atom is 0.390 e. The highest BCUT2D eigenvalue weighted by atomic mass is 19.4. The minimum absolute atomic E-state index is 0.00775. The first-order valence-electron chi connectivity index (χ1n) is 8.86. The predicted octanol–water partition coefficient (Wildman–Crippen LogP) is 3.31. The van der Waals surface area contributed by atoms with Crippen molar-refractivity contribution in [2.24, 2.45) is 4.99 Å². The number of rotatable bonds is 7. The summed E-state index contributed by atoms with van der Waals surface area (Å²) in [6, 6.07) is 3.79. The lowest BCUT2D eigenvalue weighted by Gasteiger charge is -2.32. The maximum absolute atomic E-state index is 12.3. The van der Waals surface area contributed by atoms with E-state index in [4.69, 9.17) is 4.42 Å². The lowest BCUT2D eigenvalue weighted by atomic mass is 10.1. The predicted molar refractivity (Wildman–Crippen MR) is 91.5 cm³/mol. The molecule has 142 valence electrons. The summed E-state index contributed by atoms with van der Waals surface area (Å²) in [6.07, 6.45) is 0.102. The van der Waals surface area contributed by atoms with E-state index in [0.717, 1.165) is 31.7 Å². The van der Waals surface area contributed by atoms with Gasteiger partial charge in [-0.15, -0.1) is 0 Å². The fraction of sp³-hybridized carbons (Fsp3) is 0.706.